The zero-order valence-corrected chi connectivity index (χ0v) is 30.3. The van der Waals surface area contributed by atoms with Crippen molar-refractivity contribution in [1.82, 2.24) is 15.5 Å². The minimum absolute atomic E-state index is 0.0104. The molecule has 1 aromatic rings. The number of rotatable bonds is 13. The van der Waals surface area contributed by atoms with Gasteiger partial charge in [-0.15, -0.1) is 0 Å². The maximum atomic E-state index is 14.6. The van der Waals surface area contributed by atoms with Crippen LogP contribution in [-0.4, -0.2) is 84.5 Å². The zero-order valence-electron chi connectivity index (χ0n) is 30.3. The van der Waals surface area contributed by atoms with Gasteiger partial charge < -0.3 is 35.6 Å². The third-order valence-electron chi connectivity index (χ3n) is 10.6. The van der Waals surface area contributed by atoms with Gasteiger partial charge in [-0.3, -0.25) is 24.0 Å². The monoisotopic (exact) mass is 695 g/mol. The van der Waals surface area contributed by atoms with E-state index in [1.165, 1.54) is 11.3 Å². The van der Waals surface area contributed by atoms with Crippen molar-refractivity contribution in [3.05, 3.63) is 23.3 Å². The van der Waals surface area contributed by atoms with Gasteiger partial charge in [0.15, 0.2) is 5.60 Å². The number of Topliss-reactive ketones (excluding diaryl/α,β-unsaturated/α-hetero) is 1. The zero-order chi connectivity index (χ0) is 36.4. The van der Waals surface area contributed by atoms with Gasteiger partial charge >= 0.3 is 0 Å². The van der Waals surface area contributed by atoms with Gasteiger partial charge in [-0.1, -0.05) is 58.0 Å². The number of hydrogen-bond donors (Lipinski definition) is 3. The molecular formula is C37H53N5O8. The highest BCUT2D eigenvalue weighted by Gasteiger charge is 2.56. The SMILES string of the molecule is COc1cc(OC)c(C2=NO[C@]3(C2)C[C@@H](C(=O)N[C@@H](CC2CC2)C(=O)C(N)=O)N(C(=O)[C@@H](NC(=O)CC2CCCCC2)C(C)(C)C)C3)cc1C. The summed E-state index contributed by atoms with van der Waals surface area (Å²) in [5.41, 5.74) is 5.75. The van der Waals surface area contributed by atoms with Crippen LogP contribution in [0.3, 0.4) is 0 Å². The Morgan fingerprint density at radius 3 is 2.28 bits per heavy atom. The lowest BCUT2D eigenvalue weighted by Crippen LogP contribution is -2.59. The summed E-state index contributed by atoms with van der Waals surface area (Å²) in [6.07, 6.45) is 8.10. The molecule has 13 nitrogen and oxygen atoms in total. The number of carbonyl (C=O) groups is 5. The molecule has 13 heteroatoms. The summed E-state index contributed by atoms with van der Waals surface area (Å²) in [6.45, 7) is 7.54. The van der Waals surface area contributed by atoms with Crippen LogP contribution < -0.4 is 25.8 Å². The first kappa shape index (κ1) is 37.1. The van der Waals surface area contributed by atoms with E-state index in [2.05, 4.69) is 15.8 Å². The first-order valence-corrected chi connectivity index (χ1v) is 17.9. The topological polar surface area (TPSA) is 179 Å². The highest BCUT2D eigenvalue weighted by Crippen LogP contribution is 2.42. The highest BCUT2D eigenvalue weighted by molar-refractivity contribution is 6.37. The number of nitrogens with zero attached hydrogens (tertiary/aromatic N) is 2. The summed E-state index contributed by atoms with van der Waals surface area (Å²) in [6, 6.07) is 0.565. The van der Waals surface area contributed by atoms with Crippen molar-refractivity contribution in [2.75, 3.05) is 20.8 Å². The number of likely N-dealkylation sites (tertiary alicyclic amines) is 1. The van der Waals surface area contributed by atoms with Crippen LogP contribution in [0.5, 0.6) is 11.5 Å². The van der Waals surface area contributed by atoms with Crippen LogP contribution >= 0.6 is 0 Å². The van der Waals surface area contributed by atoms with Crippen LogP contribution in [0.15, 0.2) is 17.3 Å². The molecule has 0 aromatic heterocycles. The molecule has 274 valence electrons. The van der Waals surface area contributed by atoms with E-state index in [1.807, 2.05) is 33.8 Å². The standard InChI is InChI=1S/C37H53N5O8/c1-21-14-24(29(49-6)17-28(21)48-5)26-18-37(50-41-26)19-27(34(46)39-25(15-23-12-13-23)31(44)33(38)45)42(20-37)35(47)32(36(2,3)4)40-30(43)16-22-10-8-7-9-11-22/h14,17,22-23,25,27,32H,7-13,15-16,18-20H2,1-6H3,(H2,38,45)(H,39,46)(H,40,43)/t25-,27-,32+,37+/m0/s1. The third-order valence-corrected chi connectivity index (χ3v) is 10.6. The van der Waals surface area contributed by atoms with E-state index >= 15 is 0 Å². The second kappa shape index (κ2) is 15.0. The Hall–Kier alpha value is -4.16. The third kappa shape index (κ3) is 8.40. The largest absolute Gasteiger partial charge is 0.496 e. The number of primary amides is 1. The fourth-order valence-electron chi connectivity index (χ4n) is 7.60. The summed E-state index contributed by atoms with van der Waals surface area (Å²) in [5, 5.41) is 10.2. The summed E-state index contributed by atoms with van der Waals surface area (Å²) >= 11 is 0. The molecule has 5 rings (SSSR count). The number of ether oxygens (including phenoxy) is 2. The minimum atomic E-state index is -1.12. The predicted octanol–water partition coefficient (Wildman–Crippen LogP) is 3.32. The number of nitrogens with one attached hydrogen (secondary N) is 2. The number of carbonyl (C=O) groups excluding carboxylic acids is 5. The first-order valence-electron chi connectivity index (χ1n) is 17.9. The molecule has 2 saturated carbocycles. The Balaban J connectivity index is 1.42. The summed E-state index contributed by atoms with van der Waals surface area (Å²) in [7, 11) is 3.13. The summed E-state index contributed by atoms with van der Waals surface area (Å²) in [4.78, 5) is 74.4. The molecular weight excluding hydrogens is 642 g/mol. The van der Waals surface area contributed by atoms with Gasteiger partial charge in [0, 0.05) is 30.9 Å². The van der Waals surface area contributed by atoms with Gasteiger partial charge in [0.2, 0.25) is 23.5 Å². The second-order valence-corrected chi connectivity index (χ2v) is 15.7. The quantitative estimate of drug-likeness (QED) is 0.263. The predicted molar refractivity (Wildman–Crippen MR) is 185 cm³/mol. The highest BCUT2D eigenvalue weighted by atomic mass is 16.7. The number of ketones is 1. The molecule has 1 aromatic carbocycles. The molecule has 2 aliphatic heterocycles. The molecule has 1 spiro atoms. The lowest BCUT2D eigenvalue weighted by Gasteiger charge is -2.36. The number of aryl methyl sites for hydroxylation is 1. The van der Waals surface area contributed by atoms with E-state index in [9.17, 15) is 24.0 Å². The van der Waals surface area contributed by atoms with E-state index in [-0.39, 0.29) is 37.1 Å². The Bertz CT molecular complexity index is 1530. The molecule has 4 aliphatic rings. The summed E-state index contributed by atoms with van der Waals surface area (Å²) < 4.78 is 11.1. The Morgan fingerprint density at radius 2 is 1.68 bits per heavy atom. The Kier molecular flexibility index (Phi) is 11.1. The van der Waals surface area contributed by atoms with E-state index < -0.39 is 52.6 Å². The van der Waals surface area contributed by atoms with E-state index in [0.29, 0.717) is 35.6 Å². The lowest BCUT2D eigenvalue weighted by molar-refractivity contribution is -0.145. The Labute approximate surface area is 294 Å². The second-order valence-electron chi connectivity index (χ2n) is 15.7. The maximum Gasteiger partial charge on any atom is 0.287 e. The molecule has 50 heavy (non-hydrogen) atoms. The number of benzene rings is 1. The van der Waals surface area contributed by atoms with Crippen molar-refractivity contribution >= 4 is 35.1 Å². The van der Waals surface area contributed by atoms with Gasteiger partial charge in [-0.25, -0.2) is 0 Å². The number of nitrogens with two attached hydrogens (primary N) is 1. The molecule has 0 unspecified atom stereocenters. The van der Waals surface area contributed by atoms with Crippen LogP contribution in [0.4, 0.5) is 0 Å². The average Bonchev–Trinajstić information content (AvgIpc) is 3.68. The van der Waals surface area contributed by atoms with Crippen LogP contribution in [0.1, 0.15) is 103 Å². The van der Waals surface area contributed by atoms with Crippen LogP contribution in [0.25, 0.3) is 0 Å². The van der Waals surface area contributed by atoms with Gasteiger partial charge in [0.05, 0.1) is 32.5 Å². The van der Waals surface area contributed by atoms with Crippen molar-refractivity contribution < 1.29 is 38.3 Å². The van der Waals surface area contributed by atoms with Crippen molar-refractivity contribution in [1.29, 1.82) is 0 Å². The molecule has 4 atom stereocenters. The maximum absolute atomic E-state index is 14.6. The van der Waals surface area contributed by atoms with Gasteiger partial charge in [0.1, 0.15) is 23.6 Å². The van der Waals surface area contributed by atoms with Crippen molar-refractivity contribution in [3.8, 4) is 11.5 Å². The molecule has 3 fully saturated rings. The van der Waals surface area contributed by atoms with Gasteiger partial charge in [-0.2, -0.15) is 0 Å². The molecule has 4 amide bonds. The molecule has 0 radical (unpaired) electrons. The number of methoxy groups -OCH3 is 2. The number of hydrogen-bond acceptors (Lipinski definition) is 9. The number of amides is 4. The van der Waals surface area contributed by atoms with Crippen LogP contribution in [-0.2, 0) is 28.8 Å². The molecule has 4 N–H and O–H groups in total. The molecule has 2 heterocycles. The fraction of sp³-hybridized carbons (Fsp3) is 0.676. The summed E-state index contributed by atoms with van der Waals surface area (Å²) in [5.74, 6) is -1.54. The smallest absolute Gasteiger partial charge is 0.287 e. The lowest BCUT2D eigenvalue weighted by atomic mass is 9.84. The number of oxime groups is 1. The van der Waals surface area contributed by atoms with Crippen LogP contribution in [0, 0.1) is 24.2 Å². The van der Waals surface area contributed by atoms with E-state index in [4.69, 9.17) is 20.0 Å². The van der Waals surface area contributed by atoms with Crippen molar-refractivity contribution in [3.63, 3.8) is 0 Å². The molecule has 2 aliphatic carbocycles. The van der Waals surface area contributed by atoms with Gasteiger partial charge in [-0.05, 0) is 55.1 Å². The van der Waals surface area contributed by atoms with Gasteiger partial charge in [0.25, 0.3) is 5.91 Å². The van der Waals surface area contributed by atoms with Crippen molar-refractivity contribution in [2.45, 2.75) is 122 Å². The Morgan fingerprint density at radius 1 is 1.00 bits per heavy atom. The van der Waals surface area contributed by atoms with E-state index in [0.717, 1.165) is 44.1 Å². The first-order chi connectivity index (χ1) is 23.6. The minimum Gasteiger partial charge on any atom is -0.496 e. The van der Waals surface area contributed by atoms with Crippen LogP contribution in [0.2, 0.25) is 0 Å². The molecule has 1 saturated heterocycles. The average molecular weight is 696 g/mol. The van der Waals surface area contributed by atoms with E-state index in [1.54, 1.807) is 20.3 Å². The normalized spacial score (nSPS) is 23.4. The fourth-order valence-corrected chi connectivity index (χ4v) is 7.60. The van der Waals surface area contributed by atoms with Crippen molar-refractivity contribution in [2.24, 2.45) is 28.1 Å². The molecule has 0 bridgehead atoms.